The van der Waals surface area contributed by atoms with Crippen molar-refractivity contribution >= 4 is 40.6 Å². The molecular formula is C23H23N5O4S. The number of anilines is 2. The standard InChI is InChI=1S/C23H23N5O4S/c1-32-22(30)15-7-5-11-18(13-15)25-23(31)28-12-6-8-16(14-28)20-26-27-21(33-20)19(29)24-17-9-3-2-4-10-17/h2-5,7,9-11,13,16H,6,8,12,14H2,1H3,(H,24,29)(H,25,31)/t16-/m0/s1. The number of rotatable bonds is 5. The van der Waals surface area contributed by atoms with Crippen LogP contribution in [-0.4, -0.2) is 53.2 Å². The molecule has 3 amide bonds. The van der Waals surface area contributed by atoms with Gasteiger partial charge >= 0.3 is 12.0 Å². The maximum Gasteiger partial charge on any atom is 0.337 e. The Kier molecular flexibility index (Phi) is 6.94. The van der Waals surface area contributed by atoms with E-state index < -0.39 is 5.97 Å². The Bertz CT molecular complexity index is 1150. The largest absolute Gasteiger partial charge is 0.465 e. The molecule has 10 heteroatoms. The van der Waals surface area contributed by atoms with Crippen molar-refractivity contribution < 1.29 is 19.1 Å². The molecule has 0 radical (unpaired) electrons. The molecule has 1 aromatic heterocycles. The molecule has 2 N–H and O–H groups in total. The average molecular weight is 466 g/mol. The number of nitrogens with one attached hydrogen (secondary N) is 2. The summed E-state index contributed by atoms with van der Waals surface area (Å²) in [5, 5.41) is 14.9. The summed E-state index contributed by atoms with van der Waals surface area (Å²) < 4.78 is 4.73. The van der Waals surface area contributed by atoms with Gasteiger partial charge in [0.25, 0.3) is 5.91 Å². The summed E-state index contributed by atoms with van der Waals surface area (Å²) in [5.41, 5.74) is 1.57. The van der Waals surface area contributed by atoms with Gasteiger partial charge in [-0.25, -0.2) is 9.59 Å². The van der Waals surface area contributed by atoms with Gasteiger partial charge in [0.05, 0.1) is 12.7 Å². The van der Waals surface area contributed by atoms with Gasteiger partial charge in [-0.15, -0.1) is 10.2 Å². The highest BCUT2D eigenvalue weighted by atomic mass is 32.1. The van der Waals surface area contributed by atoms with Crippen LogP contribution in [0, 0.1) is 0 Å². The van der Waals surface area contributed by atoms with Crippen LogP contribution in [0.5, 0.6) is 0 Å². The molecule has 2 aromatic carbocycles. The first kappa shape index (κ1) is 22.4. The highest BCUT2D eigenvalue weighted by Crippen LogP contribution is 2.30. The van der Waals surface area contributed by atoms with E-state index in [4.69, 9.17) is 4.74 Å². The fraction of sp³-hybridized carbons (Fsp3) is 0.261. The van der Waals surface area contributed by atoms with E-state index in [0.717, 1.165) is 17.8 Å². The minimum Gasteiger partial charge on any atom is -0.465 e. The lowest BCUT2D eigenvalue weighted by molar-refractivity contribution is 0.0600. The Morgan fingerprint density at radius 2 is 1.82 bits per heavy atom. The fourth-order valence-corrected chi connectivity index (χ4v) is 4.47. The smallest absolute Gasteiger partial charge is 0.337 e. The predicted molar refractivity (Wildman–Crippen MR) is 125 cm³/mol. The molecule has 33 heavy (non-hydrogen) atoms. The van der Waals surface area contributed by atoms with Crippen molar-refractivity contribution in [1.29, 1.82) is 0 Å². The van der Waals surface area contributed by atoms with Gasteiger partial charge in [-0.3, -0.25) is 4.79 Å². The molecule has 1 aliphatic heterocycles. The summed E-state index contributed by atoms with van der Waals surface area (Å²) in [6.07, 6.45) is 1.67. The molecule has 0 bridgehead atoms. The Balaban J connectivity index is 1.38. The number of methoxy groups -OCH3 is 1. The van der Waals surface area contributed by atoms with Gasteiger partial charge in [0.2, 0.25) is 5.01 Å². The molecule has 2 heterocycles. The molecule has 0 unspecified atom stereocenters. The number of amides is 3. The van der Waals surface area contributed by atoms with Crippen LogP contribution < -0.4 is 10.6 Å². The van der Waals surface area contributed by atoms with E-state index in [1.165, 1.54) is 18.4 Å². The van der Waals surface area contributed by atoms with Crippen LogP contribution in [0.25, 0.3) is 0 Å². The summed E-state index contributed by atoms with van der Waals surface area (Å²) in [6.45, 7) is 1.08. The van der Waals surface area contributed by atoms with Gasteiger partial charge in [0, 0.05) is 30.4 Å². The van der Waals surface area contributed by atoms with Crippen molar-refractivity contribution in [3.05, 3.63) is 70.2 Å². The number of para-hydroxylation sites is 1. The third-order valence-corrected chi connectivity index (χ3v) is 6.34. The lowest BCUT2D eigenvalue weighted by Gasteiger charge is -2.31. The van der Waals surface area contributed by atoms with Crippen LogP contribution in [0.4, 0.5) is 16.2 Å². The van der Waals surface area contributed by atoms with E-state index in [1.54, 1.807) is 41.3 Å². The van der Waals surface area contributed by atoms with Gasteiger partial charge in [0.1, 0.15) is 5.01 Å². The second-order valence-electron chi connectivity index (χ2n) is 7.55. The predicted octanol–water partition coefficient (Wildman–Crippen LogP) is 3.99. The highest BCUT2D eigenvalue weighted by molar-refractivity contribution is 7.13. The lowest BCUT2D eigenvalue weighted by atomic mass is 9.99. The molecule has 1 fully saturated rings. The summed E-state index contributed by atoms with van der Waals surface area (Å²) >= 11 is 1.25. The minimum atomic E-state index is -0.465. The van der Waals surface area contributed by atoms with Crippen LogP contribution >= 0.6 is 11.3 Å². The van der Waals surface area contributed by atoms with Gasteiger partial charge in [0.15, 0.2) is 0 Å². The Labute approximate surface area is 194 Å². The number of ether oxygens (including phenoxy) is 1. The highest BCUT2D eigenvalue weighted by Gasteiger charge is 2.28. The van der Waals surface area contributed by atoms with Gasteiger partial charge in [-0.2, -0.15) is 0 Å². The van der Waals surface area contributed by atoms with Gasteiger partial charge < -0.3 is 20.3 Å². The molecule has 170 valence electrons. The fourth-order valence-electron chi connectivity index (χ4n) is 3.60. The van der Waals surface area contributed by atoms with E-state index in [2.05, 4.69) is 20.8 Å². The minimum absolute atomic E-state index is 0.00155. The van der Waals surface area contributed by atoms with Crippen LogP contribution in [0.2, 0.25) is 0 Å². The van der Waals surface area contributed by atoms with Crippen LogP contribution in [0.1, 0.15) is 43.9 Å². The summed E-state index contributed by atoms with van der Waals surface area (Å²) in [4.78, 5) is 38.7. The summed E-state index contributed by atoms with van der Waals surface area (Å²) in [6, 6.07) is 15.5. The Morgan fingerprint density at radius 1 is 1.03 bits per heavy atom. The Hall–Kier alpha value is -3.79. The van der Waals surface area contributed by atoms with Gasteiger partial charge in [-0.05, 0) is 43.2 Å². The number of benzene rings is 2. The molecule has 4 rings (SSSR count). The number of esters is 1. The monoisotopic (exact) mass is 465 g/mol. The molecule has 0 spiro atoms. The first-order chi connectivity index (χ1) is 16.0. The zero-order chi connectivity index (χ0) is 23.2. The molecular weight excluding hydrogens is 442 g/mol. The van der Waals surface area contributed by atoms with Crippen LogP contribution in [-0.2, 0) is 4.74 Å². The number of hydrogen-bond donors (Lipinski definition) is 2. The number of aromatic nitrogens is 2. The van der Waals surface area contributed by atoms with Crippen molar-refractivity contribution in [2.75, 3.05) is 30.8 Å². The lowest BCUT2D eigenvalue weighted by Crippen LogP contribution is -2.41. The number of likely N-dealkylation sites (tertiary alicyclic amines) is 1. The van der Waals surface area contributed by atoms with Crippen molar-refractivity contribution in [2.45, 2.75) is 18.8 Å². The molecule has 1 atom stereocenters. The van der Waals surface area contributed by atoms with Crippen molar-refractivity contribution in [3.8, 4) is 0 Å². The normalized spacial score (nSPS) is 15.5. The summed E-state index contributed by atoms with van der Waals surface area (Å²) in [5.74, 6) is -0.768. The van der Waals surface area contributed by atoms with E-state index in [1.807, 2.05) is 18.2 Å². The maximum absolute atomic E-state index is 12.8. The van der Waals surface area contributed by atoms with E-state index in [0.29, 0.717) is 30.0 Å². The molecule has 1 saturated heterocycles. The van der Waals surface area contributed by atoms with Crippen molar-refractivity contribution in [1.82, 2.24) is 15.1 Å². The first-order valence-electron chi connectivity index (χ1n) is 10.5. The molecule has 0 saturated carbocycles. The van der Waals surface area contributed by atoms with E-state index in [-0.39, 0.29) is 22.9 Å². The van der Waals surface area contributed by atoms with Gasteiger partial charge in [-0.1, -0.05) is 35.6 Å². The zero-order valence-electron chi connectivity index (χ0n) is 18.0. The van der Waals surface area contributed by atoms with E-state index >= 15 is 0 Å². The molecule has 0 aliphatic carbocycles. The SMILES string of the molecule is COC(=O)c1cccc(NC(=O)N2CCC[C@H](c3nnc(C(=O)Nc4ccccc4)s3)C2)c1. The number of piperidine rings is 1. The van der Waals surface area contributed by atoms with Crippen LogP contribution in [0.3, 0.4) is 0 Å². The van der Waals surface area contributed by atoms with Crippen LogP contribution in [0.15, 0.2) is 54.6 Å². The third kappa shape index (κ3) is 5.53. The van der Waals surface area contributed by atoms with Crippen molar-refractivity contribution in [2.24, 2.45) is 0 Å². The number of hydrogen-bond acceptors (Lipinski definition) is 7. The quantitative estimate of drug-likeness (QED) is 0.551. The molecule has 9 nitrogen and oxygen atoms in total. The van der Waals surface area contributed by atoms with E-state index in [9.17, 15) is 14.4 Å². The Morgan fingerprint density at radius 3 is 2.61 bits per heavy atom. The van der Waals surface area contributed by atoms with Crippen molar-refractivity contribution in [3.63, 3.8) is 0 Å². The average Bonchev–Trinajstić information content (AvgIpc) is 3.35. The second-order valence-corrected chi connectivity index (χ2v) is 8.56. The topological polar surface area (TPSA) is 114 Å². The third-order valence-electron chi connectivity index (χ3n) is 5.26. The summed E-state index contributed by atoms with van der Waals surface area (Å²) in [7, 11) is 1.31. The maximum atomic E-state index is 12.8. The molecule has 1 aliphatic rings. The number of urea groups is 1. The number of nitrogens with zero attached hydrogens (tertiary/aromatic N) is 3. The zero-order valence-corrected chi connectivity index (χ0v) is 18.8. The molecule has 3 aromatic rings. The second kappa shape index (κ2) is 10.2. The number of carbonyl (C=O) groups is 3. The first-order valence-corrected chi connectivity index (χ1v) is 11.3. The number of carbonyl (C=O) groups excluding carboxylic acids is 3.